The molecule has 6 aromatic rings. The fraction of sp³-hybridized carbons (Fsp3) is 0.0833. The molecule has 32 heavy (non-hydrogen) atoms. The largest absolute Gasteiger partial charge is 0.346 e. The Morgan fingerprint density at radius 3 is 2.50 bits per heavy atom. The summed E-state index contributed by atoms with van der Waals surface area (Å²) in [6, 6.07) is 17.0. The number of halogens is 2. The van der Waals surface area contributed by atoms with Crippen molar-refractivity contribution in [1.29, 1.82) is 0 Å². The van der Waals surface area contributed by atoms with Crippen LogP contribution in [0.25, 0.3) is 32.4 Å². The first-order chi connectivity index (χ1) is 15.6. The molecule has 4 heterocycles. The zero-order valence-corrected chi connectivity index (χ0v) is 21.8. The molecule has 4 aromatic heterocycles. The number of thiazole rings is 2. The maximum Gasteiger partial charge on any atom is 0.346 e. The summed E-state index contributed by atoms with van der Waals surface area (Å²) in [6.07, 6.45) is 4.28. The molecule has 4 nitrogen and oxygen atoms in total. The molecule has 8 heteroatoms. The van der Waals surface area contributed by atoms with Crippen molar-refractivity contribution in [2.45, 2.75) is 13.5 Å². The minimum Gasteiger partial charge on any atom is -0.290 e. The number of imidazole rings is 2. The van der Waals surface area contributed by atoms with E-state index in [4.69, 9.17) is 4.98 Å². The second kappa shape index (κ2) is 7.95. The van der Waals surface area contributed by atoms with E-state index in [1.807, 2.05) is 6.07 Å². The number of rotatable bonds is 4. The maximum absolute atomic E-state index is 5.01. The Morgan fingerprint density at radius 2 is 1.69 bits per heavy atom. The maximum atomic E-state index is 5.01. The second-order valence-corrected chi connectivity index (χ2v) is 11.1. The molecule has 0 N–H and O–H groups in total. The van der Waals surface area contributed by atoms with Gasteiger partial charge < -0.3 is 0 Å². The van der Waals surface area contributed by atoms with Crippen molar-refractivity contribution in [3.8, 4) is 22.5 Å². The zero-order chi connectivity index (χ0) is 21.8. The second-order valence-electron chi connectivity index (χ2n) is 7.56. The Hall–Kier alpha value is -2.26. The average molecular weight is 585 g/mol. The van der Waals surface area contributed by atoms with Gasteiger partial charge >= 0.3 is 4.96 Å². The summed E-state index contributed by atoms with van der Waals surface area (Å²) in [5, 5.41) is 4.25. The van der Waals surface area contributed by atoms with Crippen LogP contribution in [0.1, 0.15) is 11.4 Å². The highest BCUT2D eigenvalue weighted by molar-refractivity contribution is 9.10. The van der Waals surface area contributed by atoms with E-state index in [1.54, 1.807) is 22.7 Å². The molecule has 0 fully saturated rings. The summed E-state index contributed by atoms with van der Waals surface area (Å²) in [5.41, 5.74) is 7.00. The molecule has 0 radical (unpaired) electrons. The number of aryl methyl sites for hydroxylation is 1. The van der Waals surface area contributed by atoms with Gasteiger partial charge in [0.1, 0.15) is 12.7 Å². The van der Waals surface area contributed by atoms with Crippen molar-refractivity contribution in [1.82, 2.24) is 13.8 Å². The summed E-state index contributed by atoms with van der Waals surface area (Å²) in [4.78, 5) is 7.23. The highest BCUT2D eigenvalue weighted by Gasteiger charge is 2.28. The first-order valence-corrected chi connectivity index (χ1v) is 13.4. The third-order valence-corrected chi connectivity index (χ3v) is 8.34. The highest BCUT2D eigenvalue weighted by atomic mass is 79.9. The lowest BCUT2D eigenvalue weighted by Gasteiger charge is -2.07. The number of hydrogen-bond acceptors (Lipinski definition) is 3. The van der Waals surface area contributed by atoms with Gasteiger partial charge in [0, 0.05) is 44.0 Å². The monoisotopic (exact) mass is 583 g/mol. The number of nitrogens with zero attached hydrogens (tertiary/aromatic N) is 4. The summed E-state index contributed by atoms with van der Waals surface area (Å²) in [7, 11) is 0. The third kappa shape index (κ3) is 3.28. The third-order valence-electron chi connectivity index (χ3n) is 5.68. The van der Waals surface area contributed by atoms with Crippen molar-refractivity contribution in [3.05, 3.63) is 92.0 Å². The van der Waals surface area contributed by atoms with Gasteiger partial charge in [-0.15, -0.1) is 11.3 Å². The lowest BCUT2D eigenvalue weighted by molar-refractivity contribution is -0.649. The fourth-order valence-corrected chi connectivity index (χ4v) is 6.54. The lowest BCUT2D eigenvalue weighted by Crippen LogP contribution is -2.36. The Morgan fingerprint density at radius 1 is 0.906 bits per heavy atom. The van der Waals surface area contributed by atoms with Gasteiger partial charge in [0.05, 0.1) is 11.4 Å². The van der Waals surface area contributed by atoms with Crippen molar-refractivity contribution in [2.75, 3.05) is 0 Å². The Balaban J connectivity index is 1.59. The average Bonchev–Trinajstić information content (AvgIpc) is 3.54. The van der Waals surface area contributed by atoms with Crippen LogP contribution in [-0.4, -0.2) is 13.8 Å². The van der Waals surface area contributed by atoms with Crippen LogP contribution in [0.2, 0.25) is 0 Å². The smallest absolute Gasteiger partial charge is 0.290 e. The first kappa shape index (κ1) is 20.4. The molecular formula is C24H17Br2N4S2+. The van der Waals surface area contributed by atoms with E-state index >= 15 is 0 Å². The van der Waals surface area contributed by atoms with Crippen molar-refractivity contribution in [2.24, 2.45) is 0 Å². The van der Waals surface area contributed by atoms with Gasteiger partial charge in [0.15, 0.2) is 16.3 Å². The zero-order valence-electron chi connectivity index (χ0n) is 17.0. The van der Waals surface area contributed by atoms with Gasteiger partial charge in [-0.1, -0.05) is 55.3 Å². The molecule has 0 bridgehead atoms. The summed E-state index contributed by atoms with van der Waals surface area (Å²) < 4.78 is 9.07. The molecule has 0 atom stereocenters. The van der Waals surface area contributed by atoms with Crippen LogP contribution in [0.4, 0.5) is 0 Å². The minimum atomic E-state index is 0.725. The predicted molar refractivity (Wildman–Crippen MR) is 139 cm³/mol. The normalized spacial score (nSPS) is 11.7. The fourth-order valence-electron chi connectivity index (χ4n) is 4.25. The van der Waals surface area contributed by atoms with E-state index in [1.165, 1.54) is 27.6 Å². The first-order valence-electron chi connectivity index (χ1n) is 10.0. The van der Waals surface area contributed by atoms with E-state index in [2.05, 4.69) is 118 Å². The van der Waals surface area contributed by atoms with Gasteiger partial charge in [-0.3, -0.25) is 4.40 Å². The molecule has 6 rings (SSSR count). The minimum absolute atomic E-state index is 0.725. The van der Waals surface area contributed by atoms with Crippen LogP contribution in [0.5, 0.6) is 0 Å². The van der Waals surface area contributed by atoms with Crippen molar-refractivity contribution >= 4 is 64.5 Å². The van der Waals surface area contributed by atoms with Crippen LogP contribution in [0, 0.1) is 6.92 Å². The van der Waals surface area contributed by atoms with E-state index in [-0.39, 0.29) is 0 Å². The summed E-state index contributed by atoms with van der Waals surface area (Å²) in [5.74, 6) is 0. The quantitative estimate of drug-likeness (QED) is 0.201. The standard InChI is InChI=1S/C24H17Br2N4S2/c1-15-22(16-5-7-18(25)8-6-16)30(24-28(15)9-12-32-24)14-20-21(17-3-2-4-19(26)13-17)27-23-29(20)10-11-31-23/h2-13H,14H2,1H3/q+1. The van der Waals surface area contributed by atoms with E-state index in [0.717, 1.165) is 31.7 Å². The van der Waals surface area contributed by atoms with Gasteiger partial charge in [-0.05, 0) is 36.4 Å². The molecule has 0 spiro atoms. The van der Waals surface area contributed by atoms with Crippen LogP contribution in [-0.2, 0) is 6.54 Å². The predicted octanol–water partition coefficient (Wildman–Crippen LogP) is 7.21. The molecule has 0 amide bonds. The molecule has 0 aliphatic rings. The van der Waals surface area contributed by atoms with Crippen molar-refractivity contribution in [3.63, 3.8) is 0 Å². The molecule has 0 aliphatic heterocycles. The SMILES string of the molecule is Cc1c(-c2ccc(Br)cc2)[n+](Cc2c(-c3cccc(Br)c3)nc3sccn23)c2sccn12. The van der Waals surface area contributed by atoms with Gasteiger partial charge in [-0.2, -0.15) is 4.40 Å². The number of hydrogen-bond donors (Lipinski definition) is 0. The molecule has 0 unspecified atom stereocenters. The molecule has 0 aliphatic carbocycles. The van der Waals surface area contributed by atoms with Gasteiger partial charge in [0.25, 0.3) is 0 Å². The van der Waals surface area contributed by atoms with Gasteiger partial charge in [-0.25, -0.2) is 9.55 Å². The van der Waals surface area contributed by atoms with Crippen LogP contribution >= 0.6 is 54.5 Å². The molecule has 2 aromatic carbocycles. The van der Waals surface area contributed by atoms with E-state index < -0.39 is 0 Å². The number of aromatic nitrogens is 4. The lowest BCUT2D eigenvalue weighted by atomic mass is 10.1. The number of benzene rings is 2. The van der Waals surface area contributed by atoms with Crippen LogP contribution < -0.4 is 4.57 Å². The Bertz CT molecular complexity index is 1590. The van der Waals surface area contributed by atoms with Crippen LogP contribution in [0.3, 0.4) is 0 Å². The van der Waals surface area contributed by atoms with E-state index in [0.29, 0.717) is 0 Å². The highest BCUT2D eigenvalue weighted by Crippen LogP contribution is 2.31. The Labute approximate surface area is 209 Å². The van der Waals surface area contributed by atoms with Crippen molar-refractivity contribution < 1.29 is 4.57 Å². The summed E-state index contributed by atoms with van der Waals surface area (Å²) >= 11 is 10.6. The van der Waals surface area contributed by atoms with E-state index in [9.17, 15) is 0 Å². The Kier molecular flexibility index (Phi) is 5.06. The molecular weight excluding hydrogens is 568 g/mol. The molecule has 0 saturated heterocycles. The van der Waals surface area contributed by atoms with Gasteiger partial charge in [0.2, 0.25) is 0 Å². The summed E-state index contributed by atoms with van der Waals surface area (Å²) in [6.45, 7) is 2.92. The number of fused-ring (bicyclic) bond motifs is 2. The molecule has 158 valence electrons. The topological polar surface area (TPSA) is 25.6 Å². The van der Waals surface area contributed by atoms with Crippen LogP contribution in [0.15, 0.2) is 80.6 Å². The molecule has 0 saturated carbocycles.